The number of carbonyl (C=O) groups is 2. The molecule has 0 aromatic rings. The van der Waals surface area contributed by atoms with Gasteiger partial charge in [-0.05, 0) is 25.7 Å². The van der Waals surface area contributed by atoms with E-state index in [9.17, 15) is 9.59 Å². The molecule has 3 N–H and O–H groups in total. The van der Waals surface area contributed by atoms with Gasteiger partial charge in [-0.25, -0.2) is 0 Å². The van der Waals surface area contributed by atoms with Crippen LogP contribution in [0.5, 0.6) is 0 Å². The smallest absolute Gasteiger partial charge is 0.242 e. The Morgan fingerprint density at radius 2 is 1.85 bits per heavy atom. The molecule has 0 heterocycles. The second-order valence-electron chi connectivity index (χ2n) is 5.96. The SMILES string of the molecule is CCN(C(=O)CNC(=O)[C@@H](N)C(C)C)C1CCCCC1. The van der Waals surface area contributed by atoms with Gasteiger partial charge in [-0.3, -0.25) is 9.59 Å². The first-order valence-electron chi connectivity index (χ1n) is 7.80. The summed E-state index contributed by atoms with van der Waals surface area (Å²) in [5.74, 6) is -0.164. The molecule has 0 unspecified atom stereocenters. The highest BCUT2D eigenvalue weighted by atomic mass is 16.2. The minimum Gasteiger partial charge on any atom is -0.346 e. The third-order valence-electron chi connectivity index (χ3n) is 4.11. The first-order valence-corrected chi connectivity index (χ1v) is 7.80. The Balaban J connectivity index is 2.45. The fourth-order valence-corrected chi connectivity index (χ4v) is 2.72. The van der Waals surface area contributed by atoms with Crippen LogP contribution >= 0.6 is 0 Å². The lowest BCUT2D eigenvalue weighted by Gasteiger charge is -2.33. The number of rotatable bonds is 6. The number of hydrogen-bond donors (Lipinski definition) is 2. The molecule has 116 valence electrons. The lowest BCUT2D eigenvalue weighted by Crippen LogP contribution is -2.50. The van der Waals surface area contributed by atoms with Crippen LogP contribution in [0.25, 0.3) is 0 Å². The van der Waals surface area contributed by atoms with Crippen molar-refractivity contribution in [2.45, 2.75) is 65.0 Å². The van der Waals surface area contributed by atoms with E-state index in [1.807, 2.05) is 25.7 Å². The van der Waals surface area contributed by atoms with E-state index in [1.165, 1.54) is 19.3 Å². The second-order valence-corrected chi connectivity index (χ2v) is 5.96. The summed E-state index contributed by atoms with van der Waals surface area (Å²) >= 11 is 0. The molecule has 1 rings (SSSR count). The third-order valence-corrected chi connectivity index (χ3v) is 4.11. The molecule has 0 saturated heterocycles. The summed E-state index contributed by atoms with van der Waals surface area (Å²) in [6.45, 7) is 6.55. The monoisotopic (exact) mass is 283 g/mol. The molecule has 2 amide bonds. The molecule has 1 fully saturated rings. The van der Waals surface area contributed by atoms with Crippen molar-refractivity contribution in [1.29, 1.82) is 0 Å². The molecule has 0 aliphatic heterocycles. The molecular weight excluding hydrogens is 254 g/mol. The topological polar surface area (TPSA) is 75.4 Å². The van der Waals surface area contributed by atoms with E-state index < -0.39 is 6.04 Å². The van der Waals surface area contributed by atoms with E-state index in [0.717, 1.165) is 12.8 Å². The van der Waals surface area contributed by atoms with E-state index in [2.05, 4.69) is 5.32 Å². The van der Waals surface area contributed by atoms with Gasteiger partial charge in [0.15, 0.2) is 0 Å². The zero-order valence-corrected chi connectivity index (χ0v) is 13.0. The van der Waals surface area contributed by atoms with Crippen LogP contribution in [0.4, 0.5) is 0 Å². The van der Waals surface area contributed by atoms with Crippen LogP contribution in [0.15, 0.2) is 0 Å². The highest BCUT2D eigenvalue weighted by Crippen LogP contribution is 2.22. The first kappa shape index (κ1) is 17.0. The summed E-state index contributed by atoms with van der Waals surface area (Å²) < 4.78 is 0. The average Bonchev–Trinajstić information content (AvgIpc) is 2.45. The summed E-state index contributed by atoms with van der Waals surface area (Å²) in [6, 6.07) is -0.204. The Bertz CT molecular complexity index is 325. The van der Waals surface area contributed by atoms with E-state index in [4.69, 9.17) is 5.73 Å². The van der Waals surface area contributed by atoms with Gasteiger partial charge >= 0.3 is 0 Å². The Labute approximate surface area is 122 Å². The van der Waals surface area contributed by atoms with Crippen molar-refractivity contribution in [2.75, 3.05) is 13.1 Å². The molecule has 0 radical (unpaired) electrons. The summed E-state index contributed by atoms with van der Waals surface area (Å²) in [5, 5.41) is 2.66. The van der Waals surface area contributed by atoms with Crippen molar-refractivity contribution >= 4 is 11.8 Å². The summed E-state index contributed by atoms with van der Waals surface area (Å²) in [5.41, 5.74) is 5.76. The molecule has 0 bridgehead atoms. The van der Waals surface area contributed by atoms with Crippen LogP contribution in [-0.2, 0) is 9.59 Å². The van der Waals surface area contributed by atoms with Gasteiger partial charge in [0, 0.05) is 12.6 Å². The van der Waals surface area contributed by atoms with Gasteiger partial charge in [0.05, 0.1) is 12.6 Å². The van der Waals surface area contributed by atoms with Gasteiger partial charge in [0.1, 0.15) is 0 Å². The number of carbonyl (C=O) groups excluding carboxylic acids is 2. The summed E-state index contributed by atoms with van der Waals surface area (Å²) in [7, 11) is 0. The van der Waals surface area contributed by atoms with Crippen molar-refractivity contribution in [3.63, 3.8) is 0 Å². The van der Waals surface area contributed by atoms with Crippen LogP contribution in [0.1, 0.15) is 52.9 Å². The van der Waals surface area contributed by atoms with Crippen LogP contribution < -0.4 is 11.1 Å². The lowest BCUT2D eigenvalue weighted by atomic mass is 9.94. The van der Waals surface area contributed by atoms with Gasteiger partial charge in [0.2, 0.25) is 11.8 Å². The predicted octanol–water partition coefficient (Wildman–Crippen LogP) is 1.27. The predicted molar refractivity (Wildman–Crippen MR) is 80.1 cm³/mol. The molecule has 5 heteroatoms. The largest absolute Gasteiger partial charge is 0.346 e. The summed E-state index contributed by atoms with van der Waals surface area (Å²) in [6.07, 6.45) is 5.82. The van der Waals surface area contributed by atoms with Crippen molar-refractivity contribution in [3.05, 3.63) is 0 Å². The first-order chi connectivity index (χ1) is 9.47. The molecule has 20 heavy (non-hydrogen) atoms. The van der Waals surface area contributed by atoms with Gasteiger partial charge in [-0.15, -0.1) is 0 Å². The van der Waals surface area contributed by atoms with Crippen LogP contribution in [0.3, 0.4) is 0 Å². The Morgan fingerprint density at radius 1 is 1.25 bits per heavy atom. The number of nitrogens with one attached hydrogen (secondary N) is 1. The highest BCUT2D eigenvalue weighted by Gasteiger charge is 2.25. The van der Waals surface area contributed by atoms with E-state index >= 15 is 0 Å². The quantitative estimate of drug-likeness (QED) is 0.770. The van der Waals surface area contributed by atoms with E-state index in [1.54, 1.807) is 0 Å². The number of likely N-dealkylation sites (N-methyl/N-ethyl adjacent to an activating group) is 1. The molecule has 0 spiro atoms. The molecule has 0 aromatic heterocycles. The maximum Gasteiger partial charge on any atom is 0.242 e. The molecule has 5 nitrogen and oxygen atoms in total. The zero-order chi connectivity index (χ0) is 15.1. The zero-order valence-electron chi connectivity index (χ0n) is 13.0. The maximum atomic E-state index is 12.2. The van der Waals surface area contributed by atoms with Gasteiger partial charge in [0.25, 0.3) is 0 Å². The van der Waals surface area contributed by atoms with Crippen molar-refractivity contribution < 1.29 is 9.59 Å². The molecule has 1 aliphatic rings. The van der Waals surface area contributed by atoms with Crippen LogP contribution in [0.2, 0.25) is 0 Å². The summed E-state index contributed by atoms with van der Waals surface area (Å²) in [4.78, 5) is 25.9. The second kappa shape index (κ2) is 8.25. The average molecular weight is 283 g/mol. The van der Waals surface area contributed by atoms with Crippen molar-refractivity contribution in [3.8, 4) is 0 Å². The van der Waals surface area contributed by atoms with Crippen LogP contribution in [0, 0.1) is 5.92 Å². The normalized spacial score (nSPS) is 17.9. The fourth-order valence-electron chi connectivity index (χ4n) is 2.72. The number of nitrogens with zero attached hydrogens (tertiary/aromatic N) is 1. The third kappa shape index (κ3) is 4.78. The standard InChI is InChI=1S/C15H29N3O2/c1-4-18(12-8-6-5-7-9-12)13(19)10-17-15(20)14(16)11(2)3/h11-12,14H,4-10,16H2,1-3H3,(H,17,20)/t14-/m0/s1. The van der Waals surface area contributed by atoms with Crippen molar-refractivity contribution in [1.82, 2.24) is 10.2 Å². The van der Waals surface area contributed by atoms with E-state index in [-0.39, 0.29) is 24.3 Å². The fraction of sp³-hybridized carbons (Fsp3) is 0.867. The number of hydrogen-bond acceptors (Lipinski definition) is 3. The molecular formula is C15H29N3O2. The Kier molecular flexibility index (Phi) is 6.99. The molecule has 0 aromatic carbocycles. The van der Waals surface area contributed by atoms with Gasteiger partial charge in [-0.1, -0.05) is 33.1 Å². The highest BCUT2D eigenvalue weighted by molar-refractivity contribution is 5.87. The molecule has 1 aliphatic carbocycles. The van der Waals surface area contributed by atoms with Crippen LogP contribution in [-0.4, -0.2) is 41.9 Å². The van der Waals surface area contributed by atoms with Crippen molar-refractivity contribution in [2.24, 2.45) is 11.7 Å². The minimum absolute atomic E-state index is 0.00343. The lowest BCUT2D eigenvalue weighted by molar-refractivity contribution is -0.135. The molecule has 1 atom stereocenters. The van der Waals surface area contributed by atoms with Gasteiger partial charge < -0.3 is 16.0 Å². The number of amides is 2. The number of nitrogens with two attached hydrogens (primary N) is 1. The van der Waals surface area contributed by atoms with E-state index in [0.29, 0.717) is 12.6 Å². The maximum absolute atomic E-state index is 12.2. The Morgan fingerprint density at radius 3 is 2.35 bits per heavy atom. The molecule has 1 saturated carbocycles. The minimum atomic E-state index is -0.549. The van der Waals surface area contributed by atoms with Gasteiger partial charge in [-0.2, -0.15) is 0 Å². The Hall–Kier alpha value is -1.10.